The lowest BCUT2D eigenvalue weighted by atomic mass is 9.86. The molecule has 1 saturated carbocycles. The lowest BCUT2D eigenvalue weighted by molar-refractivity contribution is 0.295. The van der Waals surface area contributed by atoms with E-state index in [2.05, 4.69) is 37.4 Å². The fourth-order valence-corrected chi connectivity index (χ4v) is 3.61. The fraction of sp³-hybridized carbons (Fsp3) is 0.647. The van der Waals surface area contributed by atoms with Gasteiger partial charge in [0.05, 0.1) is 0 Å². The molecule has 1 N–H and O–H groups in total. The van der Waals surface area contributed by atoms with Gasteiger partial charge in [-0.05, 0) is 55.3 Å². The zero-order chi connectivity index (χ0) is 13.7. The van der Waals surface area contributed by atoms with Crippen molar-refractivity contribution in [3.05, 3.63) is 34.9 Å². The largest absolute Gasteiger partial charge is 0.313 e. The SMILES string of the molecule is CCCNC(Cc1cccc(Cl)c1)C1CCCC1C. The molecule has 0 spiro atoms. The Morgan fingerprint density at radius 2 is 2.21 bits per heavy atom. The molecule has 106 valence electrons. The normalized spacial score (nSPS) is 24.6. The third kappa shape index (κ3) is 4.22. The Kier molecular flexibility index (Phi) is 5.72. The van der Waals surface area contributed by atoms with Crippen LogP contribution >= 0.6 is 11.6 Å². The molecule has 3 atom stereocenters. The summed E-state index contributed by atoms with van der Waals surface area (Å²) in [5.74, 6) is 1.68. The van der Waals surface area contributed by atoms with E-state index in [1.807, 2.05) is 6.07 Å². The molecule has 1 aliphatic rings. The van der Waals surface area contributed by atoms with Crippen molar-refractivity contribution in [1.29, 1.82) is 0 Å². The highest BCUT2D eigenvalue weighted by atomic mass is 35.5. The highest BCUT2D eigenvalue weighted by Crippen LogP contribution is 2.34. The van der Waals surface area contributed by atoms with Crippen LogP contribution in [0.4, 0.5) is 0 Å². The molecule has 0 saturated heterocycles. The molecule has 0 radical (unpaired) electrons. The van der Waals surface area contributed by atoms with Gasteiger partial charge in [0, 0.05) is 11.1 Å². The third-order valence-corrected chi connectivity index (χ3v) is 4.68. The standard InChI is InChI=1S/C17H26ClN/c1-3-10-19-17(16-9-4-6-13(16)2)12-14-7-5-8-15(18)11-14/h5,7-8,11,13,16-17,19H,3-4,6,9-10,12H2,1-2H3. The van der Waals surface area contributed by atoms with Gasteiger partial charge >= 0.3 is 0 Å². The maximum absolute atomic E-state index is 6.10. The Bertz CT molecular complexity index is 391. The van der Waals surface area contributed by atoms with Crippen LogP contribution in [0.2, 0.25) is 5.02 Å². The number of halogens is 1. The van der Waals surface area contributed by atoms with Gasteiger partial charge in [-0.1, -0.05) is 50.4 Å². The monoisotopic (exact) mass is 279 g/mol. The average Bonchev–Trinajstić information content (AvgIpc) is 2.81. The maximum atomic E-state index is 6.10. The van der Waals surface area contributed by atoms with Crippen molar-refractivity contribution >= 4 is 11.6 Å². The van der Waals surface area contributed by atoms with E-state index in [0.717, 1.165) is 29.8 Å². The summed E-state index contributed by atoms with van der Waals surface area (Å²) in [7, 11) is 0. The first-order chi connectivity index (χ1) is 9.20. The molecule has 1 aromatic rings. The van der Waals surface area contributed by atoms with Crippen molar-refractivity contribution in [2.75, 3.05) is 6.54 Å². The van der Waals surface area contributed by atoms with Crippen molar-refractivity contribution in [2.24, 2.45) is 11.8 Å². The first kappa shape index (κ1) is 14.9. The van der Waals surface area contributed by atoms with Crippen LogP contribution in [0.3, 0.4) is 0 Å². The van der Waals surface area contributed by atoms with Crippen molar-refractivity contribution in [3.63, 3.8) is 0 Å². The minimum atomic E-state index is 0.607. The second-order valence-corrected chi connectivity index (χ2v) is 6.40. The van der Waals surface area contributed by atoms with E-state index in [0.29, 0.717) is 6.04 Å². The van der Waals surface area contributed by atoms with Crippen LogP contribution in [0, 0.1) is 11.8 Å². The molecule has 2 heteroatoms. The van der Waals surface area contributed by atoms with Crippen LogP contribution in [-0.4, -0.2) is 12.6 Å². The van der Waals surface area contributed by atoms with E-state index in [4.69, 9.17) is 11.6 Å². The van der Waals surface area contributed by atoms with Crippen LogP contribution in [-0.2, 0) is 6.42 Å². The first-order valence-corrected chi connectivity index (χ1v) is 8.06. The van der Waals surface area contributed by atoms with E-state index in [1.54, 1.807) is 0 Å². The number of nitrogens with one attached hydrogen (secondary N) is 1. The predicted molar refractivity (Wildman–Crippen MR) is 83.7 cm³/mol. The number of hydrogen-bond donors (Lipinski definition) is 1. The summed E-state index contributed by atoms with van der Waals surface area (Å²) in [6.45, 7) is 5.77. The van der Waals surface area contributed by atoms with E-state index in [1.165, 1.54) is 31.2 Å². The summed E-state index contributed by atoms with van der Waals surface area (Å²) in [4.78, 5) is 0. The number of rotatable bonds is 6. The highest BCUT2D eigenvalue weighted by Gasteiger charge is 2.30. The molecule has 0 bridgehead atoms. The lowest BCUT2D eigenvalue weighted by Gasteiger charge is -2.28. The van der Waals surface area contributed by atoms with Crippen LogP contribution in [0.1, 0.15) is 45.1 Å². The molecule has 1 fully saturated rings. The highest BCUT2D eigenvalue weighted by molar-refractivity contribution is 6.30. The van der Waals surface area contributed by atoms with E-state index in [9.17, 15) is 0 Å². The van der Waals surface area contributed by atoms with E-state index in [-0.39, 0.29) is 0 Å². The van der Waals surface area contributed by atoms with Crippen LogP contribution in [0.15, 0.2) is 24.3 Å². The van der Waals surface area contributed by atoms with Gasteiger partial charge in [-0.15, -0.1) is 0 Å². The third-order valence-electron chi connectivity index (χ3n) is 4.45. The molecule has 0 aromatic heterocycles. The number of benzene rings is 1. The summed E-state index contributed by atoms with van der Waals surface area (Å²) in [6, 6.07) is 8.94. The van der Waals surface area contributed by atoms with Gasteiger partial charge < -0.3 is 5.32 Å². The smallest absolute Gasteiger partial charge is 0.0408 e. The Labute approximate surface area is 122 Å². The van der Waals surface area contributed by atoms with Gasteiger partial charge in [-0.2, -0.15) is 0 Å². The summed E-state index contributed by atoms with van der Waals surface area (Å²) < 4.78 is 0. The van der Waals surface area contributed by atoms with Crippen molar-refractivity contribution < 1.29 is 0 Å². The molecule has 0 heterocycles. The molecule has 1 nitrogen and oxygen atoms in total. The Hall–Kier alpha value is -0.530. The number of hydrogen-bond acceptors (Lipinski definition) is 1. The second kappa shape index (κ2) is 7.31. The topological polar surface area (TPSA) is 12.0 Å². The van der Waals surface area contributed by atoms with Crippen LogP contribution in [0.5, 0.6) is 0 Å². The summed E-state index contributed by atoms with van der Waals surface area (Å²) in [5.41, 5.74) is 1.36. The molecular weight excluding hydrogens is 254 g/mol. The zero-order valence-corrected chi connectivity index (χ0v) is 12.9. The molecule has 0 amide bonds. The lowest BCUT2D eigenvalue weighted by Crippen LogP contribution is -2.39. The fourth-order valence-electron chi connectivity index (χ4n) is 3.39. The molecular formula is C17H26ClN. The Morgan fingerprint density at radius 3 is 2.84 bits per heavy atom. The van der Waals surface area contributed by atoms with E-state index >= 15 is 0 Å². The zero-order valence-electron chi connectivity index (χ0n) is 12.2. The van der Waals surface area contributed by atoms with Gasteiger partial charge in [-0.3, -0.25) is 0 Å². The Morgan fingerprint density at radius 1 is 1.37 bits per heavy atom. The molecule has 1 aromatic carbocycles. The van der Waals surface area contributed by atoms with E-state index < -0.39 is 0 Å². The van der Waals surface area contributed by atoms with Gasteiger partial charge in [0.15, 0.2) is 0 Å². The van der Waals surface area contributed by atoms with Crippen molar-refractivity contribution in [3.8, 4) is 0 Å². The molecule has 0 aliphatic heterocycles. The quantitative estimate of drug-likeness (QED) is 0.797. The van der Waals surface area contributed by atoms with Gasteiger partial charge in [0.25, 0.3) is 0 Å². The van der Waals surface area contributed by atoms with Crippen molar-refractivity contribution in [1.82, 2.24) is 5.32 Å². The van der Waals surface area contributed by atoms with Crippen LogP contribution in [0.25, 0.3) is 0 Å². The summed E-state index contributed by atoms with van der Waals surface area (Å²) >= 11 is 6.10. The minimum absolute atomic E-state index is 0.607. The predicted octanol–water partition coefficient (Wildman–Crippen LogP) is 4.69. The summed E-state index contributed by atoms with van der Waals surface area (Å²) in [5, 5.41) is 4.62. The van der Waals surface area contributed by atoms with Gasteiger partial charge in [0.2, 0.25) is 0 Å². The molecule has 3 unspecified atom stereocenters. The molecule has 1 aliphatic carbocycles. The van der Waals surface area contributed by atoms with Gasteiger partial charge in [0.1, 0.15) is 0 Å². The maximum Gasteiger partial charge on any atom is 0.0408 e. The second-order valence-electron chi connectivity index (χ2n) is 5.97. The first-order valence-electron chi connectivity index (χ1n) is 7.68. The summed E-state index contributed by atoms with van der Waals surface area (Å²) in [6.07, 6.45) is 6.47. The minimum Gasteiger partial charge on any atom is -0.313 e. The van der Waals surface area contributed by atoms with Crippen molar-refractivity contribution in [2.45, 2.75) is 52.0 Å². The van der Waals surface area contributed by atoms with Crippen LogP contribution < -0.4 is 5.32 Å². The molecule has 2 rings (SSSR count). The average molecular weight is 280 g/mol. The Balaban J connectivity index is 2.04. The molecule has 19 heavy (non-hydrogen) atoms. The van der Waals surface area contributed by atoms with Gasteiger partial charge in [-0.25, -0.2) is 0 Å².